The van der Waals surface area contributed by atoms with Gasteiger partial charge in [0.2, 0.25) is 5.91 Å². The molecule has 1 amide bonds. The molecule has 2 unspecified atom stereocenters. The molecule has 0 aromatic carbocycles. The zero-order valence-corrected chi connectivity index (χ0v) is 14.9. The van der Waals surface area contributed by atoms with Crippen LogP contribution in [0.25, 0.3) is 0 Å². The highest BCUT2D eigenvalue weighted by Gasteiger charge is 2.32. The molecule has 0 radical (unpaired) electrons. The van der Waals surface area contributed by atoms with Crippen molar-refractivity contribution in [2.75, 3.05) is 13.1 Å². The van der Waals surface area contributed by atoms with E-state index in [1.54, 1.807) is 11.6 Å². The maximum absolute atomic E-state index is 12.8. The summed E-state index contributed by atoms with van der Waals surface area (Å²) in [5.74, 6) is 1.39. The molecule has 2 heterocycles. The predicted molar refractivity (Wildman–Crippen MR) is 92.9 cm³/mol. The third kappa shape index (κ3) is 3.19. The summed E-state index contributed by atoms with van der Waals surface area (Å²) >= 11 is 0. The first kappa shape index (κ1) is 17.0. The van der Waals surface area contributed by atoms with Crippen molar-refractivity contribution >= 4 is 5.91 Å². The number of likely N-dealkylation sites (tertiary alicyclic amines) is 1. The van der Waals surface area contributed by atoms with Crippen molar-refractivity contribution in [3.05, 3.63) is 28.5 Å². The second-order valence-electron chi connectivity index (χ2n) is 7.33. The fraction of sp³-hybridized carbons (Fsp3) is 0.722. The largest absolute Gasteiger partial charge is 0.345 e. The molecule has 0 saturated carbocycles. The summed E-state index contributed by atoms with van der Waals surface area (Å²) in [6.45, 7) is 5.52. The Balaban J connectivity index is 1.79. The summed E-state index contributed by atoms with van der Waals surface area (Å²) < 4.78 is 3.20. The summed E-state index contributed by atoms with van der Waals surface area (Å²) in [6, 6.07) is 0.0794. The van der Waals surface area contributed by atoms with Gasteiger partial charge in [-0.15, -0.1) is 0 Å². The van der Waals surface area contributed by atoms with Crippen molar-refractivity contribution in [1.82, 2.24) is 19.2 Å². The first-order valence-electron chi connectivity index (χ1n) is 9.08. The Kier molecular flexibility index (Phi) is 4.92. The topological polar surface area (TPSA) is 60.1 Å². The van der Waals surface area contributed by atoms with E-state index in [1.807, 2.05) is 18.7 Å². The van der Waals surface area contributed by atoms with E-state index in [1.165, 1.54) is 4.68 Å². The van der Waals surface area contributed by atoms with Gasteiger partial charge in [0, 0.05) is 38.0 Å². The number of amides is 1. The third-order valence-corrected chi connectivity index (χ3v) is 5.22. The molecule has 3 rings (SSSR count). The van der Waals surface area contributed by atoms with E-state index < -0.39 is 0 Å². The highest BCUT2D eigenvalue weighted by Crippen LogP contribution is 2.29. The molecule has 0 N–H and O–H groups in total. The number of nitrogens with zero attached hydrogens (tertiary/aromatic N) is 4. The van der Waals surface area contributed by atoms with Crippen LogP contribution in [-0.2, 0) is 11.8 Å². The number of piperidine rings is 1. The second-order valence-corrected chi connectivity index (χ2v) is 7.33. The lowest BCUT2D eigenvalue weighted by Crippen LogP contribution is -2.43. The molecule has 2 aliphatic rings. The molecule has 0 spiro atoms. The molecule has 132 valence electrons. The van der Waals surface area contributed by atoms with Crippen LogP contribution in [0.5, 0.6) is 0 Å². The van der Waals surface area contributed by atoms with Gasteiger partial charge in [0.25, 0.3) is 0 Å². The molecule has 1 fully saturated rings. The Morgan fingerprint density at radius 2 is 2.08 bits per heavy atom. The molecular formula is C18H28N4O2. The minimum Gasteiger partial charge on any atom is -0.342 e. The molecule has 1 aliphatic heterocycles. The van der Waals surface area contributed by atoms with Crippen LogP contribution >= 0.6 is 0 Å². The number of aryl methyl sites for hydroxylation is 1. The number of aromatic nitrogens is 3. The molecule has 0 bridgehead atoms. The maximum atomic E-state index is 12.8. The second kappa shape index (κ2) is 6.95. The van der Waals surface area contributed by atoms with Gasteiger partial charge in [-0.25, -0.2) is 9.48 Å². The normalized spacial score (nSPS) is 24.6. The van der Waals surface area contributed by atoms with Gasteiger partial charge in [-0.05, 0) is 46.0 Å². The zero-order chi connectivity index (χ0) is 17.3. The lowest BCUT2D eigenvalue weighted by Gasteiger charge is -2.35. The van der Waals surface area contributed by atoms with Gasteiger partial charge in [-0.3, -0.25) is 9.36 Å². The van der Waals surface area contributed by atoms with Crippen LogP contribution in [0.4, 0.5) is 0 Å². The van der Waals surface area contributed by atoms with Crippen LogP contribution < -0.4 is 5.69 Å². The van der Waals surface area contributed by atoms with Crippen LogP contribution in [0.1, 0.15) is 63.7 Å². The quantitative estimate of drug-likeness (QED) is 0.798. The third-order valence-electron chi connectivity index (χ3n) is 5.22. The van der Waals surface area contributed by atoms with Crippen LogP contribution in [0.2, 0.25) is 0 Å². The van der Waals surface area contributed by atoms with Crippen molar-refractivity contribution in [3.8, 4) is 0 Å². The van der Waals surface area contributed by atoms with Crippen LogP contribution in [0.3, 0.4) is 0 Å². The van der Waals surface area contributed by atoms with Crippen LogP contribution in [-0.4, -0.2) is 38.2 Å². The summed E-state index contributed by atoms with van der Waals surface area (Å²) in [5.41, 5.74) is -0.0686. The van der Waals surface area contributed by atoms with Crippen LogP contribution in [0.15, 0.2) is 16.9 Å². The van der Waals surface area contributed by atoms with Gasteiger partial charge in [0.1, 0.15) is 5.82 Å². The Labute approximate surface area is 143 Å². The van der Waals surface area contributed by atoms with Crippen molar-refractivity contribution in [3.63, 3.8) is 0 Å². The lowest BCUT2D eigenvalue weighted by atomic mass is 9.90. The number of rotatable bonds is 3. The first-order chi connectivity index (χ1) is 11.5. The van der Waals surface area contributed by atoms with Gasteiger partial charge in [0.15, 0.2) is 0 Å². The fourth-order valence-corrected chi connectivity index (χ4v) is 3.93. The van der Waals surface area contributed by atoms with E-state index >= 15 is 0 Å². The average molecular weight is 332 g/mol. The van der Waals surface area contributed by atoms with E-state index in [-0.39, 0.29) is 29.5 Å². The van der Waals surface area contributed by atoms with Crippen molar-refractivity contribution in [2.45, 2.75) is 57.9 Å². The minimum absolute atomic E-state index is 0.0686. The molecule has 6 nitrogen and oxygen atoms in total. The molecule has 6 heteroatoms. The Morgan fingerprint density at radius 1 is 1.29 bits per heavy atom. The van der Waals surface area contributed by atoms with Gasteiger partial charge in [-0.2, -0.15) is 5.10 Å². The maximum Gasteiger partial charge on any atom is 0.345 e. The molecule has 2 atom stereocenters. The highest BCUT2D eigenvalue weighted by molar-refractivity contribution is 5.79. The SMILES string of the molecule is CC(C)n1c(C2CCCN(C(=O)C3CC=CCC3)C2)nn(C)c1=O. The van der Waals surface area contributed by atoms with Gasteiger partial charge in [-0.1, -0.05) is 12.2 Å². The first-order valence-corrected chi connectivity index (χ1v) is 9.08. The molecule has 1 aliphatic carbocycles. The van der Waals surface area contributed by atoms with Crippen molar-refractivity contribution < 1.29 is 4.79 Å². The average Bonchev–Trinajstić information content (AvgIpc) is 2.90. The zero-order valence-electron chi connectivity index (χ0n) is 14.9. The van der Waals surface area contributed by atoms with E-state index in [0.717, 1.165) is 44.5 Å². The Hall–Kier alpha value is -1.85. The van der Waals surface area contributed by atoms with Gasteiger partial charge in [0.05, 0.1) is 0 Å². The molecular weight excluding hydrogens is 304 g/mol. The van der Waals surface area contributed by atoms with Crippen molar-refractivity contribution in [2.24, 2.45) is 13.0 Å². The Bertz CT molecular complexity index is 686. The molecule has 1 saturated heterocycles. The number of hydrogen-bond donors (Lipinski definition) is 0. The molecule has 1 aromatic heterocycles. The Morgan fingerprint density at radius 3 is 2.75 bits per heavy atom. The minimum atomic E-state index is -0.0686. The number of carbonyl (C=O) groups excluding carboxylic acids is 1. The van der Waals surface area contributed by atoms with Crippen molar-refractivity contribution in [1.29, 1.82) is 0 Å². The lowest BCUT2D eigenvalue weighted by molar-refractivity contribution is -0.137. The van der Waals surface area contributed by atoms with E-state index in [9.17, 15) is 9.59 Å². The van der Waals surface area contributed by atoms with E-state index in [4.69, 9.17) is 0 Å². The molecule has 24 heavy (non-hydrogen) atoms. The summed E-state index contributed by atoms with van der Waals surface area (Å²) in [5, 5.41) is 4.48. The van der Waals surface area contributed by atoms with E-state index in [0.29, 0.717) is 6.54 Å². The van der Waals surface area contributed by atoms with Gasteiger partial charge < -0.3 is 4.90 Å². The number of carbonyl (C=O) groups is 1. The molecule has 1 aromatic rings. The fourth-order valence-electron chi connectivity index (χ4n) is 3.93. The number of hydrogen-bond acceptors (Lipinski definition) is 3. The standard InChI is InChI=1S/C18H28N4O2/c1-13(2)22-16(19-20(3)18(22)24)15-10-7-11-21(12-15)17(23)14-8-5-4-6-9-14/h4-5,13-15H,6-12H2,1-3H3. The number of allylic oxidation sites excluding steroid dienone is 2. The summed E-state index contributed by atoms with van der Waals surface area (Å²) in [6.07, 6.45) is 9.07. The predicted octanol–water partition coefficient (Wildman–Crippen LogP) is 2.22. The summed E-state index contributed by atoms with van der Waals surface area (Å²) in [4.78, 5) is 27.1. The van der Waals surface area contributed by atoms with E-state index in [2.05, 4.69) is 17.3 Å². The van der Waals surface area contributed by atoms with Crippen LogP contribution in [0, 0.1) is 5.92 Å². The smallest absolute Gasteiger partial charge is 0.342 e. The summed E-state index contributed by atoms with van der Waals surface area (Å²) in [7, 11) is 1.70. The highest BCUT2D eigenvalue weighted by atomic mass is 16.2. The van der Waals surface area contributed by atoms with Gasteiger partial charge >= 0.3 is 5.69 Å². The monoisotopic (exact) mass is 332 g/mol.